The van der Waals surface area contributed by atoms with Crippen molar-refractivity contribution in [1.29, 1.82) is 0 Å². The Hall–Kier alpha value is -2.19. The Labute approximate surface area is 154 Å². The van der Waals surface area contributed by atoms with Crippen molar-refractivity contribution in [2.75, 3.05) is 21.3 Å². The fraction of sp³-hybridized carbons (Fsp3) is 0.316. The molecule has 1 N–H and O–H groups in total. The van der Waals surface area contributed by atoms with Crippen LogP contribution in [0.15, 0.2) is 48.5 Å². The largest absolute Gasteiger partial charge is 0.543 e. The Morgan fingerprint density at radius 2 is 1.65 bits per heavy atom. The molecule has 0 fully saturated rings. The summed E-state index contributed by atoms with van der Waals surface area (Å²) in [5, 5.41) is 10.3. The van der Waals surface area contributed by atoms with Gasteiger partial charge in [0.05, 0.1) is 5.56 Å². The second-order valence-corrected chi connectivity index (χ2v) is 8.68. The Kier molecular flexibility index (Phi) is 6.93. The molecular weight excluding hydrogens is 352 g/mol. The van der Waals surface area contributed by atoms with Crippen molar-refractivity contribution >= 4 is 14.6 Å². The highest BCUT2D eigenvalue weighted by Crippen LogP contribution is 2.28. The van der Waals surface area contributed by atoms with Crippen molar-refractivity contribution in [1.82, 2.24) is 0 Å². The summed E-state index contributed by atoms with van der Waals surface area (Å²) in [7, 11) is 1.55. The van der Waals surface area contributed by atoms with Gasteiger partial charge in [0.15, 0.2) is 11.5 Å². The molecule has 140 valence electrons. The second kappa shape index (κ2) is 8.95. The van der Waals surface area contributed by atoms with E-state index in [0.717, 1.165) is 0 Å². The first-order valence-corrected chi connectivity index (χ1v) is 10.1. The molecule has 0 aliphatic rings. The maximum Gasteiger partial charge on any atom is 0.543 e. The molecule has 0 aliphatic heterocycles. The summed E-state index contributed by atoms with van der Waals surface area (Å²) in [4.78, 5) is 12.5. The lowest BCUT2D eigenvalue weighted by molar-refractivity contribution is 0.0665. The molecule has 0 aliphatic carbocycles. The third-order valence-electron chi connectivity index (χ3n) is 4.15. The highest BCUT2D eigenvalue weighted by atomic mass is 28.4. The average molecular weight is 376 g/mol. The minimum Gasteiger partial charge on any atom is -0.507 e. The molecule has 6 nitrogen and oxygen atoms in total. The van der Waals surface area contributed by atoms with Crippen LogP contribution in [0.5, 0.6) is 11.5 Å². The summed E-state index contributed by atoms with van der Waals surface area (Å²) in [6.45, 7) is 1.93. The fourth-order valence-corrected chi connectivity index (χ4v) is 4.81. The normalized spacial score (nSPS) is 12.6. The van der Waals surface area contributed by atoms with Gasteiger partial charge in [0.2, 0.25) is 0 Å². The number of hydrogen-bond donors (Lipinski definition) is 1. The number of aromatic hydroxyl groups is 1. The number of carbonyl (C=O) groups excluding carboxylic acids is 1. The predicted octanol–water partition coefficient (Wildman–Crippen LogP) is 3.20. The van der Waals surface area contributed by atoms with Crippen LogP contribution in [0.25, 0.3) is 0 Å². The Morgan fingerprint density at radius 1 is 1.04 bits per heavy atom. The average Bonchev–Trinajstić information content (AvgIpc) is 2.69. The molecule has 0 radical (unpaired) electrons. The number of ketones is 1. The smallest absolute Gasteiger partial charge is 0.507 e. The molecule has 0 bridgehead atoms. The highest BCUT2D eigenvalue weighted by molar-refractivity contribution is 6.62. The first-order chi connectivity index (χ1) is 12.5. The third-order valence-corrected chi connectivity index (χ3v) is 7.17. The van der Waals surface area contributed by atoms with Crippen molar-refractivity contribution in [3.63, 3.8) is 0 Å². The van der Waals surface area contributed by atoms with E-state index in [0.29, 0.717) is 17.7 Å². The molecule has 1 unspecified atom stereocenters. The maximum absolute atomic E-state index is 12.5. The Bertz CT molecular complexity index is 722. The van der Waals surface area contributed by atoms with E-state index in [2.05, 4.69) is 0 Å². The zero-order valence-electron chi connectivity index (χ0n) is 15.4. The predicted molar refractivity (Wildman–Crippen MR) is 99.5 cm³/mol. The van der Waals surface area contributed by atoms with Gasteiger partial charge in [0.25, 0.3) is 0 Å². The second-order valence-electron chi connectivity index (χ2n) is 5.60. The van der Waals surface area contributed by atoms with Crippen molar-refractivity contribution in [3.05, 3.63) is 59.7 Å². The van der Waals surface area contributed by atoms with E-state index in [9.17, 15) is 9.90 Å². The molecule has 2 aromatic rings. The Balaban J connectivity index is 2.25. The molecule has 0 heterocycles. The molecule has 2 rings (SSSR count). The van der Waals surface area contributed by atoms with Gasteiger partial charge < -0.3 is 23.1 Å². The van der Waals surface area contributed by atoms with Gasteiger partial charge in [-0.05, 0) is 18.6 Å². The van der Waals surface area contributed by atoms with Crippen molar-refractivity contribution in [3.8, 4) is 11.5 Å². The van der Waals surface area contributed by atoms with E-state index in [1.54, 1.807) is 36.4 Å². The molecule has 0 saturated carbocycles. The number of ether oxygens (including phenoxy) is 1. The van der Waals surface area contributed by atoms with Crippen LogP contribution in [0.1, 0.15) is 29.3 Å². The van der Waals surface area contributed by atoms with Gasteiger partial charge in [0.1, 0.15) is 11.5 Å². The van der Waals surface area contributed by atoms with Crippen LogP contribution >= 0.6 is 0 Å². The van der Waals surface area contributed by atoms with Crippen LogP contribution in [0.3, 0.4) is 0 Å². The summed E-state index contributed by atoms with van der Waals surface area (Å²) in [6.07, 6.45) is 0.590. The fourth-order valence-electron chi connectivity index (χ4n) is 2.74. The van der Waals surface area contributed by atoms with E-state index in [-0.39, 0.29) is 17.1 Å². The van der Waals surface area contributed by atoms with Gasteiger partial charge in [-0.15, -0.1) is 0 Å². The first-order valence-electron chi connectivity index (χ1n) is 8.26. The van der Waals surface area contributed by atoms with Gasteiger partial charge in [-0.2, -0.15) is 0 Å². The lowest BCUT2D eigenvalue weighted by atomic mass is 10.0. The molecule has 0 amide bonds. The Morgan fingerprint density at radius 3 is 2.15 bits per heavy atom. The number of phenols is 1. The summed E-state index contributed by atoms with van der Waals surface area (Å²) in [5.41, 5.74) is 0.274. The van der Waals surface area contributed by atoms with Gasteiger partial charge in [-0.1, -0.05) is 37.3 Å². The van der Waals surface area contributed by atoms with Crippen LogP contribution < -0.4 is 4.74 Å². The van der Waals surface area contributed by atoms with Gasteiger partial charge in [0, 0.05) is 33.0 Å². The lowest BCUT2D eigenvalue weighted by Crippen LogP contribution is -2.56. The van der Waals surface area contributed by atoms with E-state index in [4.69, 9.17) is 18.0 Å². The highest BCUT2D eigenvalue weighted by Gasteiger charge is 2.48. The summed E-state index contributed by atoms with van der Waals surface area (Å²) >= 11 is 0. The SMILES string of the molecule is CCC(Oc1ccc(C(=O)c2ccccc2)c(O)c1)[Si](OC)(OC)OC. The zero-order chi connectivity index (χ0) is 19.2. The molecule has 0 saturated heterocycles. The van der Waals surface area contributed by atoms with Crippen molar-refractivity contribution < 1.29 is 27.9 Å². The minimum absolute atomic E-state index is 0.147. The van der Waals surface area contributed by atoms with E-state index >= 15 is 0 Å². The van der Waals surface area contributed by atoms with Crippen molar-refractivity contribution in [2.45, 2.75) is 19.1 Å². The lowest BCUT2D eigenvalue weighted by Gasteiger charge is -2.31. The minimum atomic E-state index is -3.01. The van der Waals surface area contributed by atoms with Gasteiger partial charge >= 0.3 is 8.80 Å². The van der Waals surface area contributed by atoms with Crippen LogP contribution in [-0.4, -0.2) is 46.8 Å². The van der Waals surface area contributed by atoms with Gasteiger partial charge in [-0.25, -0.2) is 0 Å². The molecular formula is C19H24O6Si. The van der Waals surface area contributed by atoms with Crippen LogP contribution in [0, 0.1) is 0 Å². The number of hydrogen-bond acceptors (Lipinski definition) is 6. The van der Waals surface area contributed by atoms with Gasteiger partial charge in [-0.3, -0.25) is 4.79 Å². The number of carbonyl (C=O) groups is 1. The number of phenolic OH excluding ortho intramolecular Hbond substituents is 1. The van der Waals surface area contributed by atoms with E-state index < -0.39 is 14.5 Å². The topological polar surface area (TPSA) is 74.2 Å². The monoisotopic (exact) mass is 376 g/mol. The molecule has 0 spiro atoms. The molecule has 2 aromatic carbocycles. The van der Waals surface area contributed by atoms with Crippen LogP contribution in [0.2, 0.25) is 0 Å². The number of rotatable bonds is 9. The van der Waals surface area contributed by atoms with Crippen LogP contribution in [-0.2, 0) is 13.3 Å². The van der Waals surface area contributed by atoms with Crippen LogP contribution in [0.4, 0.5) is 0 Å². The number of benzene rings is 2. The van der Waals surface area contributed by atoms with E-state index in [1.807, 2.05) is 13.0 Å². The first kappa shape index (κ1) is 20.1. The molecule has 26 heavy (non-hydrogen) atoms. The van der Waals surface area contributed by atoms with Crippen molar-refractivity contribution in [2.24, 2.45) is 0 Å². The molecule has 1 atom stereocenters. The molecule has 0 aromatic heterocycles. The summed E-state index contributed by atoms with van der Waals surface area (Å²) in [6, 6.07) is 13.4. The summed E-state index contributed by atoms with van der Waals surface area (Å²) < 4.78 is 22.3. The zero-order valence-corrected chi connectivity index (χ0v) is 16.4. The quantitative estimate of drug-likeness (QED) is 0.535. The third kappa shape index (κ3) is 4.13. The summed E-state index contributed by atoms with van der Waals surface area (Å²) in [5.74, 6) is 0.00352. The van der Waals surface area contributed by atoms with E-state index in [1.165, 1.54) is 27.4 Å². The maximum atomic E-state index is 12.5. The standard InChI is InChI=1S/C19H24O6Si/c1-5-18(26(22-2,23-3)24-4)25-15-11-12-16(17(20)13-15)19(21)14-9-7-6-8-10-14/h6-13,18,20H,5H2,1-4H3. The molecule has 7 heteroatoms.